The van der Waals surface area contributed by atoms with E-state index in [2.05, 4.69) is 5.32 Å². The topological polar surface area (TPSA) is 69.6 Å². The van der Waals surface area contributed by atoms with Gasteiger partial charge in [-0.3, -0.25) is 9.59 Å². The fourth-order valence-corrected chi connectivity index (χ4v) is 1.24. The van der Waals surface area contributed by atoms with Crippen LogP contribution >= 0.6 is 0 Å². The fourth-order valence-electron chi connectivity index (χ4n) is 1.24. The summed E-state index contributed by atoms with van der Waals surface area (Å²) in [7, 11) is 3.58. The van der Waals surface area contributed by atoms with E-state index < -0.39 is 11.9 Å². The van der Waals surface area contributed by atoms with Crippen molar-refractivity contribution < 1.29 is 14.7 Å². The summed E-state index contributed by atoms with van der Waals surface area (Å²) >= 11 is 0. The molecule has 1 amide bonds. The quantitative estimate of drug-likeness (QED) is 0.636. The minimum Gasteiger partial charge on any atom is -0.481 e. The van der Waals surface area contributed by atoms with Crippen LogP contribution in [0.2, 0.25) is 0 Å². The first-order valence-electron chi connectivity index (χ1n) is 5.11. The van der Waals surface area contributed by atoms with Crippen molar-refractivity contribution in [2.75, 3.05) is 27.2 Å². The smallest absolute Gasteiger partial charge is 0.308 e. The number of carboxylic acid groups (broad SMARTS) is 1. The van der Waals surface area contributed by atoms with Crippen LogP contribution in [0.15, 0.2) is 0 Å². The molecule has 0 aromatic heterocycles. The van der Waals surface area contributed by atoms with Crippen molar-refractivity contribution in [3.05, 3.63) is 0 Å². The number of nitrogens with zero attached hydrogens (tertiary/aromatic N) is 1. The molecule has 0 radical (unpaired) electrons. The Bertz CT molecular complexity index is 217. The van der Waals surface area contributed by atoms with Crippen LogP contribution in [0.4, 0.5) is 0 Å². The maximum atomic E-state index is 11.2. The zero-order valence-corrected chi connectivity index (χ0v) is 9.62. The van der Waals surface area contributed by atoms with Gasteiger partial charge in [-0.15, -0.1) is 0 Å². The first-order valence-corrected chi connectivity index (χ1v) is 5.11. The summed E-state index contributed by atoms with van der Waals surface area (Å²) in [4.78, 5) is 23.7. The molecule has 0 rings (SSSR count). The van der Waals surface area contributed by atoms with E-state index in [9.17, 15) is 9.59 Å². The van der Waals surface area contributed by atoms with Gasteiger partial charge in [0.05, 0.1) is 12.5 Å². The summed E-state index contributed by atoms with van der Waals surface area (Å²) in [5.74, 6) is -1.45. The summed E-state index contributed by atoms with van der Waals surface area (Å²) in [6, 6.07) is 0. The summed E-state index contributed by atoms with van der Waals surface area (Å²) in [6.45, 7) is 2.44. The third-order valence-electron chi connectivity index (χ3n) is 1.99. The molecule has 5 heteroatoms. The van der Waals surface area contributed by atoms with Gasteiger partial charge in [0.25, 0.3) is 0 Å². The number of likely N-dealkylation sites (N-methyl/N-ethyl adjacent to an activating group) is 1. The standard InChI is InChI=1S/C10H20N2O3/c1-4-5-8(10(14)15)6-11-9(13)7-12(2)3/h8H,4-7H2,1-3H3,(H,11,13)(H,14,15). The van der Waals surface area contributed by atoms with Crippen molar-refractivity contribution in [1.29, 1.82) is 0 Å². The Kier molecular flexibility index (Phi) is 6.70. The van der Waals surface area contributed by atoms with Gasteiger partial charge in [0.1, 0.15) is 0 Å². The van der Waals surface area contributed by atoms with E-state index in [0.717, 1.165) is 6.42 Å². The number of rotatable bonds is 7. The minimum atomic E-state index is -0.845. The van der Waals surface area contributed by atoms with Crippen LogP contribution in [0.25, 0.3) is 0 Å². The highest BCUT2D eigenvalue weighted by atomic mass is 16.4. The molecule has 0 saturated heterocycles. The van der Waals surface area contributed by atoms with Crippen molar-refractivity contribution in [3.63, 3.8) is 0 Å². The Morgan fingerprint density at radius 3 is 2.40 bits per heavy atom. The average Bonchev–Trinajstić information content (AvgIpc) is 2.10. The molecule has 1 unspecified atom stereocenters. The fraction of sp³-hybridized carbons (Fsp3) is 0.800. The van der Waals surface area contributed by atoms with E-state index >= 15 is 0 Å². The van der Waals surface area contributed by atoms with Crippen molar-refractivity contribution in [2.24, 2.45) is 5.92 Å². The van der Waals surface area contributed by atoms with Crippen LogP contribution in [-0.2, 0) is 9.59 Å². The number of carbonyl (C=O) groups is 2. The number of nitrogens with one attached hydrogen (secondary N) is 1. The van der Waals surface area contributed by atoms with Gasteiger partial charge in [-0.05, 0) is 20.5 Å². The lowest BCUT2D eigenvalue weighted by Crippen LogP contribution is -2.38. The van der Waals surface area contributed by atoms with Crippen LogP contribution in [-0.4, -0.2) is 49.1 Å². The summed E-state index contributed by atoms with van der Waals surface area (Å²) in [5.41, 5.74) is 0. The molecule has 0 aliphatic rings. The molecule has 0 heterocycles. The normalized spacial score (nSPS) is 12.5. The van der Waals surface area contributed by atoms with Crippen molar-refractivity contribution in [1.82, 2.24) is 10.2 Å². The Labute approximate surface area is 90.5 Å². The first-order chi connectivity index (χ1) is 6.97. The lowest BCUT2D eigenvalue weighted by Gasteiger charge is -2.14. The second-order valence-corrected chi connectivity index (χ2v) is 3.87. The van der Waals surface area contributed by atoms with Crippen molar-refractivity contribution in [2.45, 2.75) is 19.8 Å². The average molecular weight is 216 g/mol. The van der Waals surface area contributed by atoms with E-state index in [1.54, 1.807) is 19.0 Å². The predicted molar refractivity (Wildman–Crippen MR) is 57.6 cm³/mol. The number of carboxylic acids is 1. The molecule has 0 saturated carbocycles. The molecule has 0 aromatic rings. The Balaban J connectivity index is 3.88. The zero-order valence-electron chi connectivity index (χ0n) is 9.62. The molecule has 0 aromatic carbocycles. The second kappa shape index (κ2) is 7.23. The number of carbonyl (C=O) groups excluding carboxylic acids is 1. The monoisotopic (exact) mass is 216 g/mol. The van der Waals surface area contributed by atoms with E-state index in [4.69, 9.17) is 5.11 Å². The number of hydrogen-bond donors (Lipinski definition) is 2. The lowest BCUT2D eigenvalue weighted by atomic mass is 10.0. The van der Waals surface area contributed by atoms with E-state index in [0.29, 0.717) is 13.0 Å². The van der Waals surface area contributed by atoms with Gasteiger partial charge < -0.3 is 15.3 Å². The highest BCUT2D eigenvalue weighted by Gasteiger charge is 2.16. The minimum absolute atomic E-state index is 0.137. The van der Waals surface area contributed by atoms with Gasteiger partial charge in [0.2, 0.25) is 5.91 Å². The van der Waals surface area contributed by atoms with Crippen LogP contribution in [0, 0.1) is 5.92 Å². The molecule has 88 valence electrons. The molecule has 0 aliphatic heterocycles. The molecule has 15 heavy (non-hydrogen) atoms. The Hall–Kier alpha value is -1.10. The molecule has 0 bridgehead atoms. The highest BCUT2D eigenvalue weighted by Crippen LogP contribution is 2.04. The van der Waals surface area contributed by atoms with Crippen molar-refractivity contribution >= 4 is 11.9 Å². The molecule has 5 nitrogen and oxygen atoms in total. The van der Waals surface area contributed by atoms with Gasteiger partial charge in [0, 0.05) is 6.54 Å². The van der Waals surface area contributed by atoms with E-state index in [-0.39, 0.29) is 12.5 Å². The van der Waals surface area contributed by atoms with Crippen LogP contribution in [0.5, 0.6) is 0 Å². The van der Waals surface area contributed by atoms with Gasteiger partial charge in [-0.2, -0.15) is 0 Å². The van der Waals surface area contributed by atoms with Crippen molar-refractivity contribution in [3.8, 4) is 0 Å². The van der Waals surface area contributed by atoms with Gasteiger partial charge >= 0.3 is 5.97 Å². The van der Waals surface area contributed by atoms with E-state index in [1.807, 2.05) is 6.92 Å². The van der Waals surface area contributed by atoms with Gasteiger partial charge in [0.15, 0.2) is 0 Å². The molecule has 0 aliphatic carbocycles. The SMILES string of the molecule is CCCC(CNC(=O)CN(C)C)C(=O)O. The maximum absolute atomic E-state index is 11.2. The van der Waals surface area contributed by atoms with Gasteiger partial charge in [-0.1, -0.05) is 13.3 Å². The summed E-state index contributed by atoms with van der Waals surface area (Å²) < 4.78 is 0. The lowest BCUT2D eigenvalue weighted by molar-refractivity contribution is -0.141. The largest absolute Gasteiger partial charge is 0.481 e. The summed E-state index contributed by atoms with van der Waals surface area (Å²) in [5, 5.41) is 11.5. The molecule has 0 fully saturated rings. The summed E-state index contributed by atoms with van der Waals surface area (Å²) in [6.07, 6.45) is 1.40. The van der Waals surface area contributed by atoms with E-state index in [1.165, 1.54) is 0 Å². The second-order valence-electron chi connectivity index (χ2n) is 3.87. The molecule has 0 spiro atoms. The molecular formula is C10H20N2O3. The highest BCUT2D eigenvalue weighted by molar-refractivity contribution is 5.79. The zero-order chi connectivity index (χ0) is 11.8. The van der Waals surface area contributed by atoms with Crippen LogP contribution < -0.4 is 5.32 Å². The number of amides is 1. The van der Waals surface area contributed by atoms with Crippen LogP contribution in [0.3, 0.4) is 0 Å². The first kappa shape index (κ1) is 13.9. The third kappa shape index (κ3) is 6.90. The van der Waals surface area contributed by atoms with Gasteiger partial charge in [-0.25, -0.2) is 0 Å². The molecule has 2 N–H and O–H groups in total. The third-order valence-corrected chi connectivity index (χ3v) is 1.99. The molecule has 1 atom stereocenters. The molecular weight excluding hydrogens is 196 g/mol. The predicted octanol–water partition coefficient (Wildman–Crippen LogP) is 0.165. The Morgan fingerprint density at radius 2 is 2.00 bits per heavy atom. The number of aliphatic carboxylic acids is 1. The number of hydrogen-bond acceptors (Lipinski definition) is 3. The van der Waals surface area contributed by atoms with Crippen LogP contribution in [0.1, 0.15) is 19.8 Å². The maximum Gasteiger partial charge on any atom is 0.308 e. The Morgan fingerprint density at radius 1 is 1.40 bits per heavy atom.